The highest BCUT2D eigenvalue weighted by molar-refractivity contribution is 7.96. The van der Waals surface area contributed by atoms with E-state index in [0.717, 1.165) is 12.8 Å². The monoisotopic (exact) mass is 309 g/mol. The average molecular weight is 309 g/mol. The number of hydrogen-bond donors (Lipinski definition) is 0. The molecule has 0 aliphatic heterocycles. The predicted molar refractivity (Wildman–Crippen MR) is 61.6 cm³/mol. The molecule has 0 amide bonds. The van der Waals surface area contributed by atoms with Crippen molar-refractivity contribution < 1.29 is 32.9 Å². The summed E-state index contributed by atoms with van der Waals surface area (Å²) in [5.74, 6) is 0.282. The Labute approximate surface area is 119 Å². The molecule has 0 saturated heterocycles. The van der Waals surface area contributed by atoms with Gasteiger partial charge in [0.05, 0.1) is 0 Å². The van der Waals surface area contributed by atoms with Crippen LogP contribution in [0.1, 0.15) is 32.1 Å². The molecule has 8 heteroatoms. The molecule has 3 aliphatic rings. The van der Waals surface area contributed by atoms with Crippen LogP contribution >= 0.6 is 12.0 Å². The summed E-state index contributed by atoms with van der Waals surface area (Å²) in [6.07, 6.45) is 4.74. The minimum Gasteiger partial charge on any atom is -0.691 e. The van der Waals surface area contributed by atoms with Gasteiger partial charge in [-0.05, 0) is 49.4 Å². The summed E-state index contributed by atoms with van der Waals surface area (Å²) in [5.41, 5.74) is 0. The first-order valence-electron chi connectivity index (χ1n) is 6.76. The molecule has 0 N–H and O–H groups in total. The third-order valence-electron chi connectivity index (χ3n) is 5.03. The van der Waals surface area contributed by atoms with E-state index in [-0.39, 0.29) is 5.92 Å². The Kier molecular flexibility index (Phi) is 3.91. The van der Waals surface area contributed by atoms with Gasteiger partial charge in [0, 0.05) is 0 Å². The molecule has 3 rings (SSSR count). The van der Waals surface area contributed by atoms with Gasteiger partial charge in [0.1, 0.15) is 18.1 Å². The Morgan fingerprint density at radius 2 is 1.95 bits per heavy atom. The molecule has 20 heavy (non-hydrogen) atoms. The molecule has 0 aromatic rings. The number of fused-ring (bicyclic) bond motifs is 5. The summed E-state index contributed by atoms with van der Waals surface area (Å²) < 4.78 is 35.1. The number of ether oxygens (including phenoxy) is 1. The summed E-state index contributed by atoms with van der Waals surface area (Å²) >= 11 is -0.633. The number of hydrogen-bond acceptors (Lipinski definition) is 6. The van der Waals surface area contributed by atoms with Crippen molar-refractivity contribution in [1.29, 1.82) is 0 Å². The van der Waals surface area contributed by atoms with Gasteiger partial charge in [-0.15, -0.1) is 0 Å². The third kappa shape index (κ3) is 2.43. The molecular formula is C12H15F2O5S-. The van der Waals surface area contributed by atoms with Crippen LogP contribution in [0.4, 0.5) is 8.78 Å². The van der Waals surface area contributed by atoms with Gasteiger partial charge in [0.15, 0.2) is 0 Å². The van der Waals surface area contributed by atoms with E-state index in [1.807, 2.05) is 0 Å². The normalized spacial score (nSPS) is 39.0. The van der Waals surface area contributed by atoms with Gasteiger partial charge >= 0.3 is 11.2 Å². The molecule has 5 atom stereocenters. The van der Waals surface area contributed by atoms with Crippen molar-refractivity contribution in [2.45, 2.75) is 43.5 Å². The van der Waals surface area contributed by atoms with Crippen LogP contribution in [-0.2, 0) is 18.9 Å². The molecular weight excluding hydrogens is 294 g/mol. The maximum absolute atomic E-state index is 13.3. The molecule has 114 valence electrons. The zero-order valence-electron chi connectivity index (χ0n) is 10.6. The number of alkyl halides is 2. The maximum atomic E-state index is 13.3. The molecule has 3 fully saturated rings. The molecule has 5 nitrogen and oxygen atoms in total. The molecule has 2 bridgehead atoms. The van der Waals surface area contributed by atoms with Crippen LogP contribution in [0, 0.1) is 23.7 Å². The highest BCUT2D eigenvalue weighted by Crippen LogP contribution is 2.59. The Balaban J connectivity index is 1.58. The van der Waals surface area contributed by atoms with Crippen LogP contribution in [-0.4, -0.2) is 17.3 Å². The Hall–Kier alpha value is -0.440. The first-order chi connectivity index (χ1) is 9.53. The van der Waals surface area contributed by atoms with Crippen molar-refractivity contribution in [3.8, 4) is 0 Å². The van der Waals surface area contributed by atoms with Crippen molar-refractivity contribution in [2.24, 2.45) is 23.7 Å². The van der Waals surface area contributed by atoms with E-state index in [0.29, 0.717) is 24.2 Å². The largest absolute Gasteiger partial charge is 0.691 e. The minimum absolute atomic E-state index is 0.217. The number of halogens is 2. The summed E-state index contributed by atoms with van der Waals surface area (Å²) in [6, 6.07) is 0. The fraction of sp³-hybridized carbons (Fsp3) is 0.917. The Bertz CT molecular complexity index is 394. The first kappa shape index (κ1) is 14.5. The van der Waals surface area contributed by atoms with Crippen LogP contribution in [0.3, 0.4) is 0 Å². The smallest absolute Gasteiger partial charge is 0.415 e. The van der Waals surface area contributed by atoms with Crippen molar-refractivity contribution in [3.05, 3.63) is 0 Å². The Morgan fingerprint density at radius 3 is 2.70 bits per heavy atom. The van der Waals surface area contributed by atoms with Crippen molar-refractivity contribution in [1.82, 2.24) is 0 Å². The molecule has 0 aromatic carbocycles. The number of carbonyl (C=O) groups excluding carboxylic acids is 1. The lowest BCUT2D eigenvalue weighted by molar-refractivity contribution is -0.777. The second-order valence-corrected chi connectivity index (χ2v) is 6.65. The topological polar surface area (TPSA) is 67.8 Å². The summed E-state index contributed by atoms with van der Waals surface area (Å²) in [4.78, 5) is 11.5. The SMILES string of the molecule is O=C(OC1CC2CC1C1CCCC21)C(F)(F)SOO[O-]. The summed E-state index contributed by atoms with van der Waals surface area (Å²) in [5, 5.41) is 8.44. The van der Waals surface area contributed by atoms with Crippen LogP contribution in [0.15, 0.2) is 0 Å². The van der Waals surface area contributed by atoms with Crippen LogP contribution in [0.2, 0.25) is 0 Å². The van der Waals surface area contributed by atoms with E-state index in [1.54, 1.807) is 0 Å². The second-order valence-electron chi connectivity index (χ2n) is 5.83. The van der Waals surface area contributed by atoms with Crippen LogP contribution in [0.5, 0.6) is 0 Å². The molecule has 0 aromatic heterocycles. The second kappa shape index (κ2) is 5.40. The first-order valence-corrected chi connectivity index (χ1v) is 7.50. The average Bonchev–Trinajstić information content (AvgIpc) is 3.07. The molecule has 0 radical (unpaired) electrons. The van der Waals surface area contributed by atoms with Gasteiger partial charge in [-0.3, -0.25) is 5.04 Å². The molecule has 3 saturated carbocycles. The zero-order valence-corrected chi connectivity index (χ0v) is 11.4. The van der Waals surface area contributed by atoms with E-state index in [4.69, 9.17) is 4.74 Å². The minimum atomic E-state index is -3.93. The van der Waals surface area contributed by atoms with E-state index in [2.05, 4.69) is 9.37 Å². The zero-order chi connectivity index (χ0) is 14.3. The lowest BCUT2D eigenvalue weighted by Gasteiger charge is -2.31. The summed E-state index contributed by atoms with van der Waals surface area (Å²) in [7, 11) is 0. The van der Waals surface area contributed by atoms with Crippen molar-refractivity contribution in [3.63, 3.8) is 0 Å². The van der Waals surface area contributed by atoms with Gasteiger partial charge in [-0.1, -0.05) is 6.42 Å². The van der Waals surface area contributed by atoms with Gasteiger partial charge in [0.2, 0.25) is 0 Å². The lowest BCUT2D eigenvalue weighted by Crippen LogP contribution is -2.37. The molecule has 3 aliphatic carbocycles. The van der Waals surface area contributed by atoms with Crippen molar-refractivity contribution >= 4 is 18.0 Å². The highest BCUT2D eigenvalue weighted by Gasteiger charge is 2.56. The fourth-order valence-electron chi connectivity index (χ4n) is 4.44. The highest BCUT2D eigenvalue weighted by atomic mass is 32.2. The molecule has 0 heterocycles. The van der Waals surface area contributed by atoms with Gasteiger partial charge in [-0.25, -0.2) is 4.79 Å². The van der Waals surface area contributed by atoms with Gasteiger partial charge in [-0.2, -0.15) is 13.1 Å². The van der Waals surface area contributed by atoms with E-state index >= 15 is 0 Å². The van der Waals surface area contributed by atoms with Gasteiger partial charge in [0.25, 0.3) is 0 Å². The van der Waals surface area contributed by atoms with E-state index < -0.39 is 29.4 Å². The van der Waals surface area contributed by atoms with Gasteiger partial charge < -0.3 is 9.99 Å². The number of esters is 1. The van der Waals surface area contributed by atoms with Crippen LogP contribution < -0.4 is 5.26 Å². The van der Waals surface area contributed by atoms with Crippen LogP contribution in [0.25, 0.3) is 0 Å². The standard InChI is InChI=1S/C12H16F2O5S/c13-12(14,20-19-18-16)11(15)17-10-5-6-4-9(10)8-3-1-2-7(6)8/h6-10,16H,1-5H2/p-1. The van der Waals surface area contributed by atoms with E-state index in [1.165, 1.54) is 12.8 Å². The van der Waals surface area contributed by atoms with E-state index in [9.17, 15) is 18.8 Å². The molecule has 0 spiro atoms. The summed E-state index contributed by atoms with van der Waals surface area (Å²) in [6.45, 7) is 0. The number of carbonyl (C=O) groups is 1. The van der Waals surface area contributed by atoms with Crippen molar-refractivity contribution in [2.75, 3.05) is 0 Å². The predicted octanol–water partition coefficient (Wildman–Crippen LogP) is 1.82. The maximum Gasteiger partial charge on any atom is 0.415 e. The molecule has 5 unspecified atom stereocenters. The quantitative estimate of drug-likeness (QED) is 0.334. The number of rotatable bonds is 5. The Morgan fingerprint density at radius 1 is 1.20 bits per heavy atom. The lowest BCUT2D eigenvalue weighted by atomic mass is 9.80. The fourth-order valence-corrected chi connectivity index (χ4v) is 4.67. The third-order valence-corrected chi connectivity index (χ3v) is 5.53.